The Balaban J connectivity index is 1.72. The van der Waals surface area contributed by atoms with Crippen molar-refractivity contribution in [2.45, 2.75) is 45.4 Å². The topological polar surface area (TPSA) is 38.3 Å². The molecule has 1 heterocycles. The summed E-state index contributed by atoms with van der Waals surface area (Å²) in [5.41, 5.74) is 5.73. The molecule has 0 radical (unpaired) electrons. The van der Waals surface area contributed by atoms with E-state index < -0.39 is 5.41 Å². The molecular weight excluding hydrogens is 322 g/mol. The molecule has 1 aliphatic rings. The molecule has 2 aromatic carbocycles. The van der Waals surface area contributed by atoms with E-state index in [4.69, 9.17) is 4.74 Å². The Bertz CT molecular complexity index is 776. The van der Waals surface area contributed by atoms with E-state index in [0.29, 0.717) is 19.8 Å². The second kappa shape index (κ2) is 8.05. The lowest BCUT2D eigenvalue weighted by Gasteiger charge is -2.37. The Morgan fingerprint density at radius 3 is 2.42 bits per heavy atom. The summed E-state index contributed by atoms with van der Waals surface area (Å²) < 4.78 is 5.55. The van der Waals surface area contributed by atoms with E-state index in [2.05, 4.69) is 56.4 Å². The molecule has 3 nitrogen and oxygen atoms in total. The van der Waals surface area contributed by atoms with Crippen molar-refractivity contribution in [3.8, 4) is 0 Å². The lowest BCUT2D eigenvalue weighted by atomic mass is 9.72. The van der Waals surface area contributed by atoms with Gasteiger partial charge in [-0.1, -0.05) is 42.5 Å². The van der Waals surface area contributed by atoms with E-state index in [1.807, 2.05) is 12.1 Å². The van der Waals surface area contributed by atoms with Crippen LogP contribution in [-0.2, 0) is 21.4 Å². The zero-order valence-electron chi connectivity index (χ0n) is 16.1. The number of hydrogen-bond acceptors (Lipinski definition) is 2. The average molecular weight is 351 g/mol. The van der Waals surface area contributed by atoms with Gasteiger partial charge in [-0.25, -0.2) is 0 Å². The smallest absolute Gasteiger partial charge is 0.230 e. The predicted molar refractivity (Wildman–Crippen MR) is 106 cm³/mol. The number of carbonyl (C=O) groups excluding carboxylic acids is 1. The maximum atomic E-state index is 13.2. The molecule has 1 amide bonds. The summed E-state index contributed by atoms with van der Waals surface area (Å²) in [6.07, 6.45) is 2.34. The molecule has 0 bridgehead atoms. The first-order valence-electron chi connectivity index (χ1n) is 9.51. The summed E-state index contributed by atoms with van der Waals surface area (Å²) in [6.45, 7) is 8.28. The van der Waals surface area contributed by atoms with Gasteiger partial charge < -0.3 is 10.1 Å². The Hall–Kier alpha value is -2.13. The van der Waals surface area contributed by atoms with Gasteiger partial charge in [-0.2, -0.15) is 0 Å². The Morgan fingerprint density at radius 1 is 1.00 bits per heavy atom. The van der Waals surface area contributed by atoms with Crippen LogP contribution in [0.4, 0.5) is 0 Å². The van der Waals surface area contributed by atoms with Crippen molar-refractivity contribution in [1.29, 1.82) is 0 Å². The molecule has 0 aromatic heterocycles. The van der Waals surface area contributed by atoms with Crippen molar-refractivity contribution in [2.24, 2.45) is 0 Å². The van der Waals surface area contributed by atoms with Gasteiger partial charge in [-0.15, -0.1) is 0 Å². The fourth-order valence-corrected chi connectivity index (χ4v) is 3.90. The largest absolute Gasteiger partial charge is 0.381 e. The normalized spacial score (nSPS) is 16.3. The van der Waals surface area contributed by atoms with Crippen LogP contribution in [0.25, 0.3) is 0 Å². The van der Waals surface area contributed by atoms with Gasteiger partial charge in [0.25, 0.3) is 0 Å². The van der Waals surface area contributed by atoms with Crippen molar-refractivity contribution in [3.63, 3.8) is 0 Å². The highest BCUT2D eigenvalue weighted by Crippen LogP contribution is 2.36. The second-order valence-electron chi connectivity index (χ2n) is 7.43. The molecule has 0 unspecified atom stereocenters. The van der Waals surface area contributed by atoms with Crippen LogP contribution in [0.1, 0.15) is 40.7 Å². The number of carbonyl (C=O) groups is 1. The van der Waals surface area contributed by atoms with Crippen LogP contribution in [-0.4, -0.2) is 25.7 Å². The molecule has 1 N–H and O–H groups in total. The molecule has 3 heteroatoms. The molecule has 1 aliphatic heterocycles. The van der Waals surface area contributed by atoms with E-state index in [1.165, 1.54) is 22.3 Å². The van der Waals surface area contributed by atoms with Gasteiger partial charge in [-0.05, 0) is 67.9 Å². The number of amides is 1. The van der Waals surface area contributed by atoms with Crippen molar-refractivity contribution in [1.82, 2.24) is 5.32 Å². The number of aryl methyl sites for hydroxylation is 3. The molecule has 0 spiro atoms. The molecule has 3 rings (SSSR count). The third-order valence-electron chi connectivity index (χ3n) is 5.71. The Labute approximate surface area is 156 Å². The molecule has 1 fully saturated rings. The van der Waals surface area contributed by atoms with Gasteiger partial charge in [0.2, 0.25) is 5.91 Å². The molecule has 0 saturated carbocycles. The Morgan fingerprint density at radius 2 is 1.73 bits per heavy atom. The molecular formula is C23H29NO2. The first kappa shape index (κ1) is 18.7. The standard InChI is InChI=1S/C23H29NO2/c1-17-8-9-20(16-19(17)3)10-13-24-22(25)23(11-14-26-15-12-23)21-7-5-4-6-18(21)2/h4-9,16H,10-15H2,1-3H3,(H,24,25). The molecule has 138 valence electrons. The highest BCUT2D eigenvalue weighted by Gasteiger charge is 2.42. The molecule has 0 atom stereocenters. The molecule has 1 saturated heterocycles. The fraction of sp³-hybridized carbons (Fsp3) is 0.435. The van der Waals surface area contributed by atoms with Gasteiger partial charge in [0.15, 0.2) is 0 Å². The zero-order chi connectivity index (χ0) is 18.6. The quantitative estimate of drug-likeness (QED) is 0.883. The molecule has 26 heavy (non-hydrogen) atoms. The number of rotatable bonds is 5. The van der Waals surface area contributed by atoms with Gasteiger partial charge in [-0.3, -0.25) is 4.79 Å². The Kier molecular flexibility index (Phi) is 5.77. The van der Waals surface area contributed by atoms with Gasteiger partial charge >= 0.3 is 0 Å². The first-order chi connectivity index (χ1) is 12.5. The van der Waals surface area contributed by atoms with E-state index in [9.17, 15) is 4.79 Å². The first-order valence-corrected chi connectivity index (χ1v) is 9.51. The van der Waals surface area contributed by atoms with E-state index >= 15 is 0 Å². The second-order valence-corrected chi connectivity index (χ2v) is 7.43. The van der Waals surface area contributed by atoms with E-state index in [1.54, 1.807) is 0 Å². The highest BCUT2D eigenvalue weighted by molar-refractivity contribution is 5.88. The summed E-state index contributed by atoms with van der Waals surface area (Å²) >= 11 is 0. The maximum Gasteiger partial charge on any atom is 0.230 e. The van der Waals surface area contributed by atoms with Crippen molar-refractivity contribution in [3.05, 3.63) is 70.3 Å². The van der Waals surface area contributed by atoms with Crippen molar-refractivity contribution in [2.75, 3.05) is 19.8 Å². The SMILES string of the molecule is Cc1ccc(CCNC(=O)C2(c3ccccc3C)CCOCC2)cc1C. The number of nitrogens with one attached hydrogen (secondary N) is 1. The zero-order valence-corrected chi connectivity index (χ0v) is 16.1. The predicted octanol–water partition coefficient (Wildman–Crippen LogP) is 4.02. The van der Waals surface area contributed by atoms with Crippen LogP contribution in [0.5, 0.6) is 0 Å². The number of benzene rings is 2. The molecule has 0 aliphatic carbocycles. The van der Waals surface area contributed by atoms with Crippen LogP contribution in [0.2, 0.25) is 0 Å². The van der Waals surface area contributed by atoms with E-state index in [0.717, 1.165) is 24.8 Å². The summed E-state index contributed by atoms with van der Waals surface area (Å²) in [4.78, 5) is 13.2. The van der Waals surface area contributed by atoms with Crippen LogP contribution in [0.15, 0.2) is 42.5 Å². The maximum absolute atomic E-state index is 13.2. The lowest BCUT2D eigenvalue weighted by Crippen LogP contribution is -2.48. The van der Waals surface area contributed by atoms with Crippen molar-refractivity contribution < 1.29 is 9.53 Å². The van der Waals surface area contributed by atoms with Crippen LogP contribution >= 0.6 is 0 Å². The number of ether oxygens (including phenoxy) is 1. The minimum absolute atomic E-state index is 0.138. The lowest BCUT2D eigenvalue weighted by molar-refractivity contribution is -0.130. The van der Waals surface area contributed by atoms with Crippen LogP contribution < -0.4 is 5.32 Å². The van der Waals surface area contributed by atoms with Crippen LogP contribution in [0.3, 0.4) is 0 Å². The fourth-order valence-electron chi connectivity index (χ4n) is 3.90. The van der Waals surface area contributed by atoms with Gasteiger partial charge in [0, 0.05) is 19.8 Å². The van der Waals surface area contributed by atoms with Crippen LogP contribution in [0, 0.1) is 20.8 Å². The monoisotopic (exact) mass is 351 g/mol. The summed E-state index contributed by atoms with van der Waals surface area (Å²) in [7, 11) is 0. The van der Waals surface area contributed by atoms with Crippen molar-refractivity contribution >= 4 is 5.91 Å². The third-order valence-corrected chi connectivity index (χ3v) is 5.71. The summed E-state index contributed by atoms with van der Waals surface area (Å²) in [5.74, 6) is 0.138. The summed E-state index contributed by atoms with van der Waals surface area (Å²) in [6, 6.07) is 14.8. The van der Waals surface area contributed by atoms with E-state index in [-0.39, 0.29) is 5.91 Å². The molecule has 2 aromatic rings. The number of hydrogen-bond donors (Lipinski definition) is 1. The highest BCUT2D eigenvalue weighted by atomic mass is 16.5. The van der Waals surface area contributed by atoms with Gasteiger partial charge in [0.05, 0.1) is 5.41 Å². The summed E-state index contributed by atoms with van der Waals surface area (Å²) in [5, 5.41) is 3.21. The van der Waals surface area contributed by atoms with Gasteiger partial charge in [0.1, 0.15) is 0 Å². The third kappa shape index (κ3) is 3.83. The minimum atomic E-state index is -0.465. The average Bonchev–Trinajstić information content (AvgIpc) is 2.65. The minimum Gasteiger partial charge on any atom is -0.381 e.